The number of allylic oxidation sites excluding steroid dienone is 1. The van der Waals surface area contributed by atoms with Crippen LogP contribution in [0.15, 0.2) is 48.2 Å². The molecule has 3 atom stereocenters. The number of rotatable bonds is 14. The number of fused-ring (bicyclic) bond motifs is 2. The van der Waals surface area contributed by atoms with Crippen LogP contribution in [0.5, 0.6) is 23.0 Å². The summed E-state index contributed by atoms with van der Waals surface area (Å²) >= 11 is 0. The maximum absolute atomic E-state index is 13.9. The third kappa shape index (κ3) is 7.64. The minimum absolute atomic E-state index is 0.0170. The van der Waals surface area contributed by atoms with Crippen LogP contribution in [0.4, 0.5) is 0 Å². The number of hydrogen-bond donors (Lipinski definition) is 1. The summed E-state index contributed by atoms with van der Waals surface area (Å²) in [7, 11) is 0. The minimum Gasteiger partial charge on any atom is -0.459 e. The Bertz CT molecular complexity index is 1330. The van der Waals surface area contributed by atoms with E-state index in [4.69, 9.17) is 43.0 Å². The number of carbonyl (C=O) groups is 1. The first-order valence-electron chi connectivity index (χ1n) is 15.7. The molecule has 1 amide bonds. The molecular weight excluding hydrogens is 584 g/mol. The lowest BCUT2D eigenvalue weighted by molar-refractivity contribution is -0.172. The highest BCUT2D eigenvalue weighted by molar-refractivity contribution is 5.92. The van der Waals surface area contributed by atoms with Crippen molar-refractivity contribution in [1.82, 2.24) is 9.80 Å². The molecule has 2 aromatic rings. The van der Waals surface area contributed by atoms with Crippen molar-refractivity contribution in [1.29, 1.82) is 0 Å². The Morgan fingerprint density at radius 1 is 0.867 bits per heavy atom. The van der Waals surface area contributed by atoms with Crippen molar-refractivity contribution in [2.45, 2.75) is 32.1 Å². The van der Waals surface area contributed by atoms with Crippen molar-refractivity contribution in [3.8, 4) is 23.0 Å². The largest absolute Gasteiger partial charge is 0.459 e. The Labute approximate surface area is 263 Å². The molecule has 1 N–H and O–H groups in total. The first kappa shape index (κ1) is 31.4. The van der Waals surface area contributed by atoms with Crippen LogP contribution in [0, 0.1) is 5.92 Å². The molecule has 244 valence electrons. The van der Waals surface area contributed by atoms with E-state index in [1.54, 1.807) is 0 Å². The molecule has 0 radical (unpaired) electrons. The van der Waals surface area contributed by atoms with E-state index in [9.17, 15) is 4.79 Å². The predicted molar refractivity (Wildman–Crippen MR) is 161 cm³/mol. The fourth-order valence-corrected chi connectivity index (χ4v) is 6.10. The molecule has 2 aromatic carbocycles. The van der Waals surface area contributed by atoms with Gasteiger partial charge < -0.3 is 47.9 Å². The number of benzene rings is 2. The van der Waals surface area contributed by atoms with Crippen LogP contribution in [0.25, 0.3) is 0 Å². The maximum Gasteiger partial charge on any atom is 0.288 e. The molecule has 2 unspecified atom stereocenters. The van der Waals surface area contributed by atoms with Crippen LogP contribution in [-0.4, -0.2) is 107 Å². The lowest BCUT2D eigenvalue weighted by Gasteiger charge is -2.39. The smallest absolute Gasteiger partial charge is 0.288 e. The Morgan fingerprint density at radius 3 is 2.29 bits per heavy atom. The van der Waals surface area contributed by atoms with E-state index in [2.05, 4.69) is 11.0 Å². The van der Waals surface area contributed by atoms with Crippen LogP contribution in [0.1, 0.15) is 30.4 Å². The standard InChI is InChI=1S/C33H42N2O10/c1-2-40-33-25(7-13-38-15-16-39-14-12-36)26(24-4-6-28-30(18-24)44-22-42-28)19-31(45-33)32(37)35-10-8-34(9-11-35)20-23-3-5-27-29(17-23)43-21-41-27/h3-6,17-19,25-26,33,36H,2,7-16,20-22H2,1H3/t25-,26?,33?/m0/s1. The van der Waals surface area contributed by atoms with Crippen LogP contribution in [0.2, 0.25) is 0 Å². The minimum atomic E-state index is -0.629. The molecular formula is C33H42N2O10. The van der Waals surface area contributed by atoms with Gasteiger partial charge in [-0.15, -0.1) is 0 Å². The predicted octanol–water partition coefficient (Wildman–Crippen LogP) is 2.88. The number of ether oxygens (including phenoxy) is 8. The average Bonchev–Trinajstić information content (AvgIpc) is 3.74. The number of carbonyl (C=O) groups excluding carboxylic acids is 1. The average molecular weight is 627 g/mol. The van der Waals surface area contributed by atoms with Crippen molar-refractivity contribution in [2.75, 3.05) is 79.4 Å². The molecule has 0 spiro atoms. The summed E-state index contributed by atoms with van der Waals surface area (Å²) in [5.74, 6) is 2.82. The van der Waals surface area contributed by atoms with Gasteiger partial charge >= 0.3 is 0 Å². The van der Waals surface area contributed by atoms with E-state index in [-0.39, 0.29) is 44.5 Å². The fraction of sp³-hybridized carbons (Fsp3) is 0.545. The van der Waals surface area contributed by atoms with Gasteiger partial charge in [-0.25, -0.2) is 0 Å². The molecule has 0 aliphatic carbocycles. The molecule has 12 heteroatoms. The third-order valence-corrected chi connectivity index (χ3v) is 8.41. The van der Waals surface area contributed by atoms with E-state index in [1.807, 2.05) is 48.2 Å². The molecule has 0 aromatic heterocycles. The highest BCUT2D eigenvalue weighted by atomic mass is 16.7. The van der Waals surface area contributed by atoms with Crippen LogP contribution in [0.3, 0.4) is 0 Å². The molecule has 1 saturated heterocycles. The van der Waals surface area contributed by atoms with Crippen molar-refractivity contribution in [3.63, 3.8) is 0 Å². The van der Waals surface area contributed by atoms with Crippen molar-refractivity contribution in [2.24, 2.45) is 5.92 Å². The van der Waals surface area contributed by atoms with Crippen molar-refractivity contribution in [3.05, 3.63) is 59.4 Å². The molecule has 4 aliphatic heterocycles. The van der Waals surface area contributed by atoms with Gasteiger partial charge in [-0.1, -0.05) is 12.1 Å². The van der Waals surface area contributed by atoms with Gasteiger partial charge in [-0.05, 0) is 54.8 Å². The fourth-order valence-electron chi connectivity index (χ4n) is 6.10. The Morgan fingerprint density at radius 2 is 1.56 bits per heavy atom. The third-order valence-electron chi connectivity index (χ3n) is 8.41. The van der Waals surface area contributed by atoms with Gasteiger partial charge in [0.2, 0.25) is 19.9 Å². The van der Waals surface area contributed by atoms with Gasteiger partial charge in [0, 0.05) is 57.8 Å². The Hall–Kier alpha value is -3.55. The van der Waals surface area contributed by atoms with E-state index in [1.165, 1.54) is 0 Å². The molecule has 4 aliphatic rings. The van der Waals surface area contributed by atoms with Gasteiger partial charge in [-0.2, -0.15) is 0 Å². The number of nitrogens with zero attached hydrogens (tertiary/aromatic N) is 2. The highest BCUT2D eigenvalue weighted by Crippen LogP contribution is 2.43. The Balaban J connectivity index is 1.13. The number of piperazine rings is 1. The van der Waals surface area contributed by atoms with Gasteiger partial charge in [0.25, 0.3) is 5.91 Å². The second-order valence-electron chi connectivity index (χ2n) is 11.3. The van der Waals surface area contributed by atoms with Crippen molar-refractivity contribution < 1.29 is 47.8 Å². The maximum atomic E-state index is 13.9. The second-order valence-corrected chi connectivity index (χ2v) is 11.3. The summed E-state index contributed by atoms with van der Waals surface area (Å²) in [6.45, 7) is 7.80. The zero-order valence-corrected chi connectivity index (χ0v) is 25.7. The number of aliphatic hydroxyl groups is 1. The summed E-state index contributed by atoms with van der Waals surface area (Å²) in [6, 6.07) is 11.9. The van der Waals surface area contributed by atoms with E-state index in [0.717, 1.165) is 42.3 Å². The van der Waals surface area contributed by atoms with Crippen LogP contribution in [-0.2, 0) is 30.3 Å². The van der Waals surface area contributed by atoms with Crippen LogP contribution >= 0.6 is 0 Å². The van der Waals surface area contributed by atoms with Crippen LogP contribution < -0.4 is 18.9 Å². The zero-order valence-electron chi connectivity index (χ0n) is 25.7. The lowest BCUT2D eigenvalue weighted by atomic mass is 9.81. The number of amides is 1. The van der Waals surface area contributed by atoms with Crippen molar-refractivity contribution >= 4 is 5.91 Å². The molecule has 1 fully saturated rings. The Kier molecular flexibility index (Phi) is 10.6. The topological polar surface area (TPSA) is 118 Å². The molecule has 4 heterocycles. The summed E-state index contributed by atoms with van der Waals surface area (Å²) < 4.78 is 45.7. The summed E-state index contributed by atoms with van der Waals surface area (Å²) in [4.78, 5) is 18.1. The number of aliphatic hydroxyl groups excluding tert-OH is 1. The van der Waals surface area contributed by atoms with Gasteiger partial charge in [0.05, 0.1) is 26.4 Å². The normalized spacial score (nSPS) is 22.3. The second kappa shape index (κ2) is 15.2. The van der Waals surface area contributed by atoms with Gasteiger partial charge in [-0.3, -0.25) is 9.69 Å². The summed E-state index contributed by atoms with van der Waals surface area (Å²) in [5, 5.41) is 8.90. The van der Waals surface area contributed by atoms with E-state index >= 15 is 0 Å². The SMILES string of the molecule is CCOC1OC(C(=O)N2CCN(Cc3ccc4c(c3)OCO4)CC2)=CC(c2ccc3c(c2)OCO3)[C@@H]1CCOCCOCCO. The molecule has 45 heavy (non-hydrogen) atoms. The van der Waals surface area contributed by atoms with Gasteiger partial charge in [0.15, 0.2) is 28.8 Å². The zero-order chi connectivity index (χ0) is 31.0. The molecule has 0 saturated carbocycles. The highest BCUT2D eigenvalue weighted by Gasteiger charge is 2.40. The van der Waals surface area contributed by atoms with E-state index < -0.39 is 6.29 Å². The molecule has 12 nitrogen and oxygen atoms in total. The first-order valence-corrected chi connectivity index (χ1v) is 15.7. The summed E-state index contributed by atoms with van der Waals surface area (Å²) in [6.07, 6.45) is 1.94. The monoisotopic (exact) mass is 626 g/mol. The van der Waals surface area contributed by atoms with Gasteiger partial charge in [0.1, 0.15) is 0 Å². The number of hydrogen-bond acceptors (Lipinski definition) is 11. The molecule has 6 rings (SSSR count). The summed E-state index contributed by atoms with van der Waals surface area (Å²) in [5.41, 5.74) is 2.14. The first-order chi connectivity index (χ1) is 22.1. The molecule has 0 bridgehead atoms. The van der Waals surface area contributed by atoms with E-state index in [0.29, 0.717) is 63.2 Å². The lowest BCUT2D eigenvalue weighted by Crippen LogP contribution is -2.50. The quantitative estimate of drug-likeness (QED) is 0.312.